The third kappa shape index (κ3) is 2.88. The number of anilines is 1. The minimum atomic E-state index is 0.584. The summed E-state index contributed by atoms with van der Waals surface area (Å²) in [4.78, 5) is 0. The zero-order valence-electron chi connectivity index (χ0n) is 11.8. The van der Waals surface area contributed by atoms with Crippen LogP contribution in [0.5, 0.6) is 11.5 Å². The van der Waals surface area contributed by atoms with Crippen LogP contribution in [0.1, 0.15) is 5.56 Å². The molecule has 0 aliphatic rings. The number of azo groups is 1. The Morgan fingerprint density at radius 1 is 0.900 bits per heavy atom. The molecule has 0 saturated carbocycles. The summed E-state index contributed by atoms with van der Waals surface area (Å²) in [5, 5.41) is 8.46. The predicted molar refractivity (Wildman–Crippen MR) is 79.3 cm³/mol. The summed E-state index contributed by atoms with van der Waals surface area (Å²) in [5.41, 5.74) is 8.73. The van der Waals surface area contributed by atoms with Gasteiger partial charge in [0.15, 0.2) is 0 Å². The van der Waals surface area contributed by atoms with Gasteiger partial charge in [0, 0.05) is 6.07 Å². The maximum Gasteiger partial charge on any atom is 0.146 e. The Balaban J connectivity index is 2.36. The SMILES string of the molecule is COc1cc(N=Nc2ccccc2OC)c(C)cc1N. The number of aryl methyl sites for hydroxylation is 1. The maximum atomic E-state index is 5.84. The van der Waals surface area contributed by atoms with Gasteiger partial charge in [-0.05, 0) is 30.7 Å². The van der Waals surface area contributed by atoms with E-state index in [0.29, 0.717) is 28.6 Å². The standard InChI is InChI=1S/C15H17N3O2/c1-10-8-11(16)15(20-3)9-13(10)18-17-12-6-4-5-7-14(12)19-2/h4-9H,16H2,1-3H3. The Bertz CT molecular complexity index is 639. The van der Waals surface area contributed by atoms with Crippen molar-refractivity contribution in [2.45, 2.75) is 6.92 Å². The van der Waals surface area contributed by atoms with Gasteiger partial charge in [0.2, 0.25) is 0 Å². The molecule has 0 aliphatic heterocycles. The number of benzene rings is 2. The first-order valence-electron chi connectivity index (χ1n) is 6.14. The Hall–Kier alpha value is -2.56. The summed E-state index contributed by atoms with van der Waals surface area (Å²) in [7, 11) is 3.17. The van der Waals surface area contributed by atoms with Crippen LogP contribution >= 0.6 is 0 Å². The fourth-order valence-corrected chi connectivity index (χ4v) is 1.80. The number of nitrogens with two attached hydrogens (primary N) is 1. The van der Waals surface area contributed by atoms with Gasteiger partial charge in [0.25, 0.3) is 0 Å². The van der Waals surface area contributed by atoms with Gasteiger partial charge in [-0.1, -0.05) is 12.1 Å². The van der Waals surface area contributed by atoms with Crippen molar-refractivity contribution in [3.8, 4) is 11.5 Å². The van der Waals surface area contributed by atoms with Crippen LogP contribution in [0.4, 0.5) is 17.1 Å². The summed E-state index contributed by atoms with van der Waals surface area (Å²) in [6.07, 6.45) is 0. The lowest BCUT2D eigenvalue weighted by Gasteiger charge is -2.07. The number of hydrogen-bond donors (Lipinski definition) is 1. The molecule has 2 rings (SSSR count). The molecule has 0 fully saturated rings. The van der Waals surface area contributed by atoms with Crippen LogP contribution in [0, 0.1) is 6.92 Å². The van der Waals surface area contributed by atoms with Crippen molar-refractivity contribution in [3.63, 3.8) is 0 Å². The molecule has 2 N–H and O–H groups in total. The van der Waals surface area contributed by atoms with Crippen molar-refractivity contribution in [1.29, 1.82) is 0 Å². The van der Waals surface area contributed by atoms with Gasteiger partial charge >= 0.3 is 0 Å². The lowest BCUT2D eigenvalue weighted by molar-refractivity contribution is 0.415. The first-order valence-corrected chi connectivity index (χ1v) is 6.14. The molecule has 0 aliphatic carbocycles. The third-order valence-corrected chi connectivity index (χ3v) is 2.90. The zero-order valence-corrected chi connectivity index (χ0v) is 11.8. The average Bonchev–Trinajstić information content (AvgIpc) is 2.46. The Morgan fingerprint density at radius 2 is 1.55 bits per heavy atom. The van der Waals surface area contributed by atoms with Crippen molar-refractivity contribution in [3.05, 3.63) is 42.0 Å². The Labute approximate surface area is 118 Å². The van der Waals surface area contributed by atoms with Gasteiger partial charge in [-0.2, -0.15) is 5.11 Å². The largest absolute Gasteiger partial charge is 0.495 e. The zero-order chi connectivity index (χ0) is 14.5. The predicted octanol–water partition coefficient (Wildman–Crippen LogP) is 4.01. The molecule has 2 aromatic carbocycles. The van der Waals surface area contributed by atoms with E-state index in [9.17, 15) is 0 Å². The molecule has 0 amide bonds. The first-order chi connectivity index (χ1) is 9.65. The normalized spacial score (nSPS) is 10.8. The van der Waals surface area contributed by atoms with Gasteiger partial charge in [-0.25, -0.2) is 0 Å². The number of methoxy groups -OCH3 is 2. The van der Waals surface area contributed by atoms with Crippen molar-refractivity contribution in [2.24, 2.45) is 10.2 Å². The van der Waals surface area contributed by atoms with Crippen molar-refractivity contribution in [1.82, 2.24) is 0 Å². The molecule has 0 atom stereocenters. The lowest BCUT2D eigenvalue weighted by Crippen LogP contribution is -1.92. The Kier molecular flexibility index (Phi) is 4.20. The van der Waals surface area contributed by atoms with Crippen LogP contribution in [0.25, 0.3) is 0 Å². The first kappa shape index (κ1) is 13.9. The topological polar surface area (TPSA) is 69.2 Å². The van der Waals surface area contributed by atoms with Gasteiger partial charge in [-0.15, -0.1) is 5.11 Å². The second kappa shape index (κ2) is 6.06. The van der Waals surface area contributed by atoms with E-state index in [1.54, 1.807) is 20.3 Å². The van der Waals surface area contributed by atoms with E-state index in [1.165, 1.54) is 0 Å². The van der Waals surface area contributed by atoms with Gasteiger partial charge in [0.1, 0.15) is 17.2 Å². The van der Waals surface area contributed by atoms with E-state index < -0.39 is 0 Å². The summed E-state index contributed by atoms with van der Waals surface area (Å²) >= 11 is 0. The molecule has 0 radical (unpaired) electrons. The molecule has 0 aromatic heterocycles. The van der Waals surface area contributed by atoms with Gasteiger partial charge in [0.05, 0.1) is 25.6 Å². The minimum Gasteiger partial charge on any atom is -0.495 e. The van der Waals surface area contributed by atoms with E-state index in [0.717, 1.165) is 5.56 Å². The molecule has 0 unspecified atom stereocenters. The van der Waals surface area contributed by atoms with E-state index in [-0.39, 0.29) is 0 Å². The summed E-state index contributed by atoms with van der Waals surface area (Å²) < 4.78 is 10.4. The van der Waals surface area contributed by atoms with Crippen LogP contribution in [-0.4, -0.2) is 14.2 Å². The van der Waals surface area contributed by atoms with Gasteiger partial charge in [-0.3, -0.25) is 0 Å². The monoisotopic (exact) mass is 271 g/mol. The highest BCUT2D eigenvalue weighted by Crippen LogP contribution is 2.33. The molecular formula is C15H17N3O2. The van der Waals surface area contributed by atoms with E-state index in [1.807, 2.05) is 37.3 Å². The molecule has 104 valence electrons. The van der Waals surface area contributed by atoms with Crippen LogP contribution in [0.3, 0.4) is 0 Å². The lowest BCUT2D eigenvalue weighted by atomic mass is 10.1. The number of ether oxygens (including phenoxy) is 2. The second-order valence-electron chi connectivity index (χ2n) is 4.25. The fourth-order valence-electron chi connectivity index (χ4n) is 1.80. The number of rotatable bonds is 4. The summed E-state index contributed by atoms with van der Waals surface area (Å²) in [5.74, 6) is 1.26. The highest BCUT2D eigenvalue weighted by Gasteiger charge is 2.05. The van der Waals surface area contributed by atoms with Crippen LogP contribution in [0.15, 0.2) is 46.6 Å². The summed E-state index contributed by atoms with van der Waals surface area (Å²) in [6.45, 7) is 1.92. The van der Waals surface area contributed by atoms with Crippen LogP contribution in [-0.2, 0) is 0 Å². The van der Waals surface area contributed by atoms with Crippen molar-refractivity contribution >= 4 is 17.1 Å². The molecule has 5 heteroatoms. The smallest absolute Gasteiger partial charge is 0.146 e. The highest BCUT2D eigenvalue weighted by molar-refractivity contribution is 5.63. The fraction of sp³-hybridized carbons (Fsp3) is 0.200. The molecule has 0 heterocycles. The molecule has 5 nitrogen and oxygen atoms in total. The van der Waals surface area contributed by atoms with E-state index in [2.05, 4.69) is 10.2 Å². The van der Waals surface area contributed by atoms with E-state index in [4.69, 9.17) is 15.2 Å². The molecule has 20 heavy (non-hydrogen) atoms. The molecular weight excluding hydrogens is 254 g/mol. The summed E-state index contributed by atoms with van der Waals surface area (Å²) in [6, 6.07) is 11.0. The maximum absolute atomic E-state index is 5.84. The molecule has 0 saturated heterocycles. The number of nitrogen functional groups attached to an aromatic ring is 1. The third-order valence-electron chi connectivity index (χ3n) is 2.90. The van der Waals surface area contributed by atoms with E-state index >= 15 is 0 Å². The molecule has 2 aromatic rings. The minimum absolute atomic E-state index is 0.584. The Morgan fingerprint density at radius 3 is 2.25 bits per heavy atom. The van der Waals surface area contributed by atoms with Crippen LogP contribution < -0.4 is 15.2 Å². The molecule has 0 spiro atoms. The highest BCUT2D eigenvalue weighted by atomic mass is 16.5. The number of para-hydroxylation sites is 1. The molecule has 0 bridgehead atoms. The van der Waals surface area contributed by atoms with Crippen molar-refractivity contribution in [2.75, 3.05) is 20.0 Å². The van der Waals surface area contributed by atoms with Gasteiger partial charge < -0.3 is 15.2 Å². The number of hydrogen-bond acceptors (Lipinski definition) is 5. The van der Waals surface area contributed by atoms with Crippen LogP contribution in [0.2, 0.25) is 0 Å². The quantitative estimate of drug-likeness (QED) is 0.674. The average molecular weight is 271 g/mol. The number of nitrogens with zero attached hydrogens (tertiary/aromatic N) is 2. The van der Waals surface area contributed by atoms with Crippen molar-refractivity contribution < 1.29 is 9.47 Å². The second-order valence-corrected chi connectivity index (χ2v) is 4.25.